The van der Waals surface area contributed by atoms with E-state index in [0.717, 1.165) is 25.7 Å². The first-order valence-corrected chi connectivity index (χ1v) is 11.1. The van der Waals surface area contributed by atoms with Gasteiger partial charge in [0.25, 0.3) is 0 Å². The minimum absolute atomic E-state index is 0.000152. The van der Waals surface area contributed by atoms with Gasteiger partial charge in [-0.2, -0.15) is 0 Å². The van der Waals surface area contributed by atoms with Crippen LogP contribution in [0.1, 0.15) is 58.9 Å². The van der Waals surface area contributed by atoms with E-state index in [9.17, 15) is 9.18 Å². The molecule has 1 aliphatic rings. The van der Waals surface area contributed by atoms with E-state index in [0.29, 0.717) is 28.5 Å². The maximum absolute atomic E-state index is 14.2. The number of hydrogen-bond acceptors (Lipinski definition) is 4. The third-order valence-corrected chi connectivity index (χ3v) is 5.79. The van der Waals surface area contributed by atoms with Gasteiger partial charge in [0.05, 0.1) is 11.3 Å². The lowest BCUT2D eigenvalue weighted by atomic mass is 10.0. The van der Waals surface area contributed by atoms with Crippen LogP contribution in [0, 0.1) is 11.7 Å². The molecule has 0 bridgehead atoms. The van der Waals surface area contributed by atoms with E-state index in [-0.39, 0.29) is 23.5 Å². The third kappa shape index (κ3) is 5.56. The summed E-state index contributed by atoms with van der Waals surface area (Å²) in [6.45, 7) is 6.48. The van der Waals surface area contributed by atoms with Crippen LogP contribution in [-0.4, -0.2) is 32.5 Å². The lowest BCUT2D eigenvalue weighted by molar-refractivity contribution is -0.119. The highest BCUT2D eigenvalue weighted by atomic mass is 32.2. The summed E-state index contributed by atoms with van der Waals surface area (Å²) in [5, 5.41) is 12.2. The number of thioether (sulfide) groups is 1. The van der Waals surface area contributed by atoms with E-state index in [1.165, 1.54) is 24.2 Å². The molecule has 28 heavy (non-hydrogen) atoms. The number of nitrogens with zero attached hydrogens (tertiary/aromatic N) is 3. The molecule has 1 atom stereocenters. The Morgan fingerprint density at radius 1 is 1.25 bits per heavy atom. The van der Waals surface area contributed by atoms with Gasteiger partial charge in [-0.25, -0.2) is 4.39 Å². The molecule has 1 fully saturated rings. The van der Waals surface area contributed by atoms with Crippen molar-refractivity contribution < 1.29 is 9.18 Å². The predicted molar refractivity (Wildman–Crippen MR) is 111 cm³/mol. The van der Waals surface area contributed by atoms with Gasteiger partial charge in [0.15, 0.2) is 11.0 Å². The third-order valence-electron chi connectivity index (χ3n) is 4.85. The van der Waals surface area contributed by atoms with Gasteiger partial charge in [-0.05, 0) is 44.2 Å². The van der Waals surface area contributed by atoms with E-state index in [4.69, 9.17) is 0 Å². The van der Waals surface area contributed by atoms with Crippen LogP contribution in [0.2, 0.25) is 0 Å². The lowest BCUT2D eigenvalue weighted by Gasteiger charge is -2.14. The molecule has 7 heteroatoms. The number of rotatable bonds is 10. The molecule has 2 aromatic rings. The quantitative estimate of drug-likeness (QED) is 0.576. The SMILES string of the molecule is CC(C)CCC[C@@H](C)NC(=O)CSc1nnc(-c2ccccc2F)n1C1CC1. The number of nitrogens with one attached hydrogen (secondary N) is 1. The number of carbonyl (C=O) groups is 1. The number of hydrogen-bond donors (Lipinski definition) is 1. The van der Waals surface area contributed by atoms with Crippen molar-refractivity contribution in [3.8, 4) is 11.4 Å². The van der Waals surface area contributed by atoms with E-state index in [1.807, 2.05) is 11.5 Å². The summed E-state index contributed by atoms with van der Waals surface area (Å²) in [5.41, 5.74) is 0.456. The average Bonchev–Trinajstić information content (AvgIpc) is 3.39. The molecule has 1 aromatic carbocycles. The van der Waals surface area contributed by atoms with E-state index < -0.39 is 0 Å². The van der Waals surface area contributed by atoms with Crippen LogP contribution in [-0.2, 0) is 4.79 Å². The second kappa shape index (κ2) is 9.54. The monoisotopic (exact) mass is 404 g/mol. The summed E-state index contributed by atoms with van der Waals surface area (Å²) >= 11 is 1.37. The molecule has 3 rings (SSSR count). The second-order valence-electron chi connectivity index (χ2n) is 7.97. The highest BCUT2D eigenvalue weighted by Crippen LogP contribution is 2.41. The fourth-order valence-corrected chi connectivity index (χ4v) is 4.03. The molecule has 1 aromatic heterocycles. The molecule has 1 aliphatic carbocycles. The molecular formula is C21H29FN4OS. The number of amides is 1. The van der Waals surface area contributed by atoms with Crippen molar-refractivity contribution in [1.29, 1.82) is 0 Å². The summed E-state index contributed by atoms with van der Waals surface area (Å²) < 4.78 is 16.2. The number of carbonyl (C=O) groups excluding carboxylic acids is 1. The maximum atomic E-state index is 14.2. The molecule has 0 radical (unpaired) electrons. The van der Waals surface area contributed by atoms with Crippen molar-refractivity contribution >= 4 is 17.7 Å². The van der Waals surface area contributed by atoms with Crippen LogP contribution < -0.4 is 5.32 Å². The van der Waals surface area contributed by atoms with Gasteiger partial charge < -0.3 is 5.32 Å². The average molecular weight is 405 g/mol. The van der Waals surface area contributed by atoms with E-state index in [2.05, 4.69) is 29.4 Å². The van der Waals surface area contributed by atoms with Crippen LogP contribution in [0.25, 0.3) is 11.4 Å². The molecule has 152 valence electrons. The van der Waals surface area contributed by atoms with Crippen molar-refractivity contribution in [2.45, 2.75) is 70.1 Å². The normalized spacial score (nSPS) is 15.0. The van der Waals surface area contributed by atoms with Gasteiger partial charge in [-0.15, -0.1) is 10.2 Å². The van der Waals surface area contributed by atoms with Gasteiger partial charge in [-0.3, -0.25) is 9.36 Å². The van der Waals surface area contributed by atoms with Crippen LogP contribution in [0.5, 0.6) is 0 Å². The van der Waals surface area contributed by atoms with Gasteiger partial charge in [0.2, 0.25) is 5.91 Å². The number of aromatic nitrogens is 3. The molecule has 1 amide bonds. The largest absolute Gasteiger partial charge is 0.353 e. The molecule has 5 nitrogen and oxygen atoms in total. The van der Waals surface area contributed by atoms with Crippen molar-refractivity contribution in [2.24, 2.45) is 5.92 Å². The maximum Gasteiger partial charge on any atom is 0.230 e. The summed E-state index contributed by atoms with van der Waals surface area (Å²) in [4.78, 5) is 12.3. The van der Waals surface area contributed by atoms with Crippen LogP contribution in [0.15, 0.2) is 29.4 Å². The second-order valence-corrected chi connectivity index (χ2v) is 8.91. The highest BCUT2D eigenvalue weighted by molar-refractivity contribution is 7.99. The van der Waals surface area contributed by atoms with Crippen LogP contribution in [0.3, 0.4) is 0 Å². The Morgan fingerprint density at radius 3 is 2.68 bits per heavy atom. The van der Waals surface area contributed by atoms with Crippen LogP contribution in [0.4, 0.5) is 4.39 Å². The van der Waals surface area contributed by atoms with E-state index in [1.54, 1.807) is 18.2 Å². The zero-order valence-corrected chi connectivity index (χ0v) is 17.6. The molecule has 0 unspecified atom stereocenters. The number of benzene rings is 1. The van der Waals surface area contributed by atoms with Crippen molar-refractivity contribution in [1.82, 2.24) is 20.1 Å². The fraction of sp³-hybridized carbons (Fsp3) is 0.571. The van der Waals surface area contributed by atoms with Crippen molar-refractivity contribution in [3.05, 3.63) is 30.1 Å². The Bertz CT molecular complexity index is 803. The van der Waals surface area contributed by atoms with Gasteiger partial charge in [0, 0.05) is 12.1 Å². The first-order valence-electron chi connectivity index (χ1n) is 10.1. The van der Waals surface area contributed by atoms with Gasteiger partial charge in [0.1, 0.15) is 5.82 Å². The summed E-state index contributed by atoms with van der Waals surface area (Å²) in [6, 6.07) is 7.08. The lowest BCUT2D eigenvalue weighted by Crippen LogP contribution is -2.33. The van der Waals surface area contributed by atoms with Crippen molar-refractivity contribution in [3.63, 3.8) is 0 Å². The standard InChI is InChI=1S/C21H29FN4OS/c1-14(2)7-6-8-15(3)23-19(27)13-28-21-25-24-20(26(21)16-11-12-16)17-9-4-5-10-18(17)22/h4-5,9-10,14-16H,6-8,11-13H2,1-3H3,(H,23,27)/t15-/m1/s1. The van der Waals surface area contributed by atoms with Crippen LogP contribution >= 0.6 is 11.8 Å². The Morgan fingerprint density at radius 2 is 2.00 bits per heavy atom. The molecule has 1 N–H and O–H groups in total. The minimum atomic E-state index is -0.304. The molecule has 0 saturated heterocycles. The topological polar surface area (TPSA) is 59.8 Å². The van der Waals surface area contributed by atoms with Gasteiger partial charge >= 0.3 is 0 Å². The van der Waals surface area contributed by atoms with Gasteiger partial charge in [-0.1, -0.05) is 50.6 Å². The molecular weight excluding hydrogens is 375 g/mol. The highest BCUT2D eigenvalue weighted by Gasteiger charge is 2.31. The number of halogens is 1. The predicted octanol–water partition coefficient (Wildman–Crippen LogP) is 4.84. The minimum Gasteiger partial charge on any atom is -0.353 e. The molecule has 0 spiro atoms. The van der Waals surface area contributed by atoms with Crippen molar-refractivity contribution in [2.75, 3.05) is 5.75 Å². The summed E-state index contributed by atoms with van der Waals surface area (Å²) in [7, 11) is 0. The summed E-state index contributed by atoms with van der Waals surface area (Å²) in [5.74, 6) is 1.22. The first kappa shape index (κ1) is 20.8. The Labute approximate surface area is 170 Å². The Hall–Kier alpha value is -1.89. The smallest absolute Gasteiger partial charge is 0.230 e. The Kier molecular flexibility index (Phi) is 7.10. The Balaban J connectivity index is 1.59. The fourth-order valence-electron chi connectivity index (χ4n) is 3.21. The molecule has 1 saturated carbocycles. The zero-order valence-electron chi connectivity index (χ0n) is 16.8. The van der Waals surface area contributed by atoms with E-state index >= 15 is 0 Å². The molecule has 0 aliphatic heterocycles. The summed E-state index contributed by atoms with van der Waals surface area (Å²) in [6.07, 6.45) is 5.36. The molecule has 1 heterocycles. The zero-order chi connectivity index (χ0) is 20.1. The first-order chi connectivity index (χ1) is 13.5.